The zero-order chi connectivity index (χ0) is 23.0. The lowest BCUT2D eigenvalue weighted by molar-refractivity contribution is 0.0271. The maximum Gasteiger partial charge on any atom is 0.339 e. The van der Waals surface area contributed by atoms with E-state index in [9.17, 15) is 9.59 Å². The Balaban J connectivity index is 1.68. The highest BCUT2D eigenvalue weighted by Gasteiger charge is 2.29. The molecule has 0 amide bonds. The first-order valence-corrected chi connectivity index (χ1v) is 10.6. The Labute approximate surface area is 191 Å². The van der Waals surface area contributed by atoms with Crippen molar-refractivity contribution in [2.75, 3.05) is 6.61 Å². The summed E-state index contributed by atoms with van der Waals surface area (Å²) in [6.45, 7) is 2.45. The number of carbonyl (C=O) groups excluding carboxylic acids is 2. The van der Waals surface area contributed by atoms with Crippen LogP contribution in [0.2, 0.25) is 0 Å². The van der Waals surface area contributed by atoms with Crippen molar-refractivity contribution in [2.45, 2.75) is 13.0 Å². The summed E-state index contributed by atoms with van der Waals surface area (Å²) >= 11 is 0. The topological polar surface area (TPSA) is 78.4 Å². The highest BCUT2D eigenvalue weighted by molar-refractivity contribution is 6.02. The van der Waals surface area contributed by atoms with Gasteiger partial charge in [0.25, 0.3) is 0 Å². The number of hydrogen-bond donors (Lipinski definition) is 0. The van der Waals surface area contributed by atoms with E-state index in [2.05, 4.69) is 9.97 Å². The molecule has 33 heavy (non-hydrogen) atoms. The molecule has 164 valence electrons. The smallest absolute Gasteiger partial charge is 0.339 e. The number of pyridine rings is 2. The average molecular weight is 438 g/mol. The van der Waals surface area contributed by atoms with Crippen molar-refractivity contribution in [3.8, 4) is 16.9 Å². The SMILES string of the molecule is CCOc1cccc(-c2ccccc2C(=O)OC(C(=O)c2ccccn2)c2ccccn2)c1. The van der Waals surface area contributed by atoms with Gasteiger partial charge in [0.05, 0.1) is 17.9 Å². The number of carbonyl (C=O) groups is 2. The molecule has 1 atom stereocenters. The van der Waals surface area contributed by atoms with E-state index >= 15 is 0 Å². The van der Waals surface area contributed by atoms with Crippen molar-refractivity contribution in [3.63, 3.8) is 0 Å². The molecular formula is C27H22N2O4. The lowest BCUT2D eigenvalue weighted by atomic mass is 9.99. The van der Waals surface area contributed by atoms with E-state index in [1.807, 2.05) is 43.3 Å². The summed E-state index contributed by atoms with van der Waals surface area (Å²) in [5.41, 5.74) is 2.34. The number of ketones is 1. The molecule has 2 aromatic heterocycles. The van der Waals surface area contributed by atoms with Gasteiger partial charge in [-0.1, -0.05) is 42.5 Å². The quantitative estimate of drug-likeness (QED) is 0.274. The fourth-order valence-electron chi connectivity index (χ4n) is 3.43. The fraction of sp³-hybridized carbons (Fsp3) is 0.111. The van der Waals surface area contributed by atoms with Gasteiger partial charge < -0.3 is 9.47 Å². The van der Waals surface area contributed by atoms with Gasteiger partial charge in [-0.05, 0) is 60.5 Å². The Morgan fingerprint density at radius 3 is 2.33 bits per heavy atom. The van der Waals surface area contributed by atoms with Crippen molar-refractivity contribution in [1.82, 2.24) is 9.97 Å². The van der Waals surface area contributed by atoms with Crippen LogP contribution in [-0.4, -0.2) is 28.3 Å². The van der Waals surface area contributed by atoms with Crippen molar-refractivity contribution in [2.24, 2.45) is 0 Å². The van der Waals surface area contributed by atoms with Crippen LogP contribution in [0.4, 0.5) is 0 Å². The minimum absolute atomic E-state index is 0.193. The predicted molar refractivity (Wildman–Crippen MR) is 124 cm³/mol. The Bertz CT molecular complexity index is 1240. The third kappa shape index (κ3) is 5.13. The number of esters is 1. The molecule has 0 N–H and O–H groups in total. The van der Waals surface area contributed by atoms with Crippen LogP contribution in [0.3, 0.4) is 0 Å². The van der Waals surface area contributed by atoms with Crippen molar-refractivity contribution in [3.05, 3.63) is 114 Å². The first-order valence-electron chi connectivity index (χ1n) is 10.6. The first-order chi connectivity index (χ1) is 16.2. The van der Waals surface area contributed by atoms with E-state index in [1.165, 1.54) is 6.20 Å². The summed E-state index contributed by atoms with van der Waals surface area (Å²) in [5.74, 6) is -0.374. The summed E-state index contributed by atoms with van der Waals surface area (Å²) in [5, 5.41) is 0. The molecule has 2 heterocycles. The second-order valence-corrected chi connectivity index (χ2v) is 7.13. The van der Waals surface area contributed by atoms with Gasteiger partial charge in [0.2, 0.25) is 11.9 Å². The second-order valence-electron chi connectivity index (χ2n) is 7.13. The number of Topliss-reactive ketones (excluding diaryl/α,β-unsaturated/α-hetero) is 1. The number of benzene rings is 2. The van der Waals surface area contributed by atoms with Crippen LogP contribution in [-0.2, 0) is 4.74 Å². The molecule has 0 spiro atoms. The van der Waals surface area contributed by atoms with Crippen LogP contribution in [0.15, 0.2) is 97.3 Å². The molecule has 6 heteroatoms. The lowest BCUT2D eigenvalue weighted by Crippen LogP contribution is -2.22. The lowest BCUT2D eigenvalue weighted by Gasteiger charge is -2.17. The van der Waals surface area contributed by atoms with Gasteiger partial charge in [-0.25, -0.2) is 4.79 Å². The molecule has 0 aliphatic carbocycles. The van der Waals surface area contributed by atoms with Crippen LogP contribution in [0.1, 0.15) is 39.6 Å². The molecule has 6 nitrogen and oxygen atoms in total. The normalized spacial score (nSPS) is 11.4. The van der Waals surface area contributed by atoms with Crippen LogP contribution < -0.4 is 4.74 Å². The summed E-state index contributed by atoms with van der Waals surface area (Å²) in [7, 11) is 0. The second kappa shape index (κ2) is 10.3. The highest BCUT2D eigenvalue weighted by atomic mass is 16.5. The molecular weight excluding hydrogens is 416 g/mol. The molecule has 0 bridgehead atoms. The van der Waals surface area contributed by atoms with Crippen LogP contribution in [0.5, 0.6) is 5.75 Å². The highest BCUT2D eigenvalue weighted by Crippen LogP contribution is 2.29. The van der Waals surface area contributed by atoms with Gasteiger partial charge in [-0.2, -0.15) is 0 Å². The molecule has 0 aliphatic heterocycles. The van der Waals surface area contributed by atoms with Gasteiger partial charge >= 0.3 is 5.97 Å². The zero-order valence-corrected chi connectivity index (χ0v) is 18.0. The Morgan fingerprint density at radius 1 is 0.848 bits per heavy atom. The Kier molecular flexibility index (Phi) is 6.85. The predicted octanol–water partition coefficient (Wildman–Crippen LogP) is 5.32. The van der Waals surface area contributed by atoms with Crippen molar-refractivity contribution < 1.29 is 19.1 Å². The third-order valence-electron chi connectivity index (χ3n) is 4.94. The van der Waals surface area contributed by atoms with Crippen LogP contribution in [0.25, 0.3) is 11.1 Å². The van der Waals surface area contributed by atoms with Gasteiger partial charge in [0, 0.05) is 12.4 Å². The molecule has 0 aliphatic rings. The molecule has 0 saturated heterocycles. The number of rotatable bonds is 8. The van der Waals surface area contributed by atoms with E-state index < -0.39 is 17.9 Å². The minimum atomic E-state index is -1.23. The minimum Gasteiger partial charge on any atom is -0.494 e. The van der Waals surface area contributed by atoms with E-state index in [0.717, 1.165) is 5.56 Å². The van der Waals surface area contributed by atoms with E-state index in [0.29, 0.717) is 29.2 Å². The van der Waals surface area contributed by atoms with Gasteiger partial charge in [0.1, 0.15) is 11.4 Å². The summed E-state index contributed by atoms with van der Waals surface area (Å²) in [4.78, 5) is 34.9. The average Bonchev–Trinajstić information content (AvgIpc) is 2.88. The Morgan fingerprint density at radius 2 is 1.61 bits per heavy atom. The first kappa shape index (κ1) is 21.9. The number of aromatic nitrogens is 2. The largest absolute Gasteiger partial charge is 0.494 e. The summed E-state index contributed by atoms with van der Waals surface area (Å²) < 4.78 is 11.4. The Hall–Kier alpha value is -4.32. The number of hydrogen-bond acceptors (Lipinski definition) is 6. The third-order valence-corrected chi connectivity index (χ3v) is 4.94. The standard InChI is InChI=1S/C27H22N2O4/c1-2-32-20-11-9-10-19(18-20)21-12-3-4-13-22(21)27(31)33-26(24-15-6-8-17-29-24)25(30)23-14-5-7-16-28-23/h3-18,26H,2H2,1H3. The number of nitrogens with zero attached hydrogens (tertiary/aromatic N) is 2. The molecule has 2 aromatic carbocycles. The van der Waals surface area contributed by atoms with Crippen molar-refractivity contribution in [1.29, 1.82) is 0 Å². The fourth-order valence-corrected chi connectivity index (χ4v) is 3.43. The van der Waals surface area contributed by atoms with Crippen molar-refractivity contribution >= 4 is 11.8 Å². The maximum absolute atomic E-state index is 13.3. The molecule has 0 saturated carbocycles. The van der Waals surface area contributed by atoms with Gasteiger partial charge in [-0.15, -0.1) is 0 Å². The number of ether oxygens (including phenoxy) is 2. The summed E-state index contributed by atoms with van der Waals surface area (Å²) in [6, 6.07) is 24.7. The molecule has 0 radical (unpaired) electrons. The molecule has 0 fully saturated rings. The monoisotopic (exact) mass is 438 g/mol. The van der Waals surface area contributed by atoms with Crippen LogP contribution >= 0.6 is 0 Å². The maximum atomic E-state index is 13.3. The van der Waals surface area contributed by atoms with E-state index in [4.69, 9.17) is 9.47 Å². The zero-order valence-electron chi connectivity index (χ0n) is 18.0. The van der Waals surface area contributed by atoms with Gasteiger partial charge in [0.15, 0.2) is 0 Å². The van der Waals surface area contributed by atoms with E-state index in [1.54, 1.807) is 54.7 Å². The molecule has 1 unspecified atom stereocenters. The molecule has 4 aromatic rings. The summed E-state index contributed by atoms with van der Waals surface area (Å²) in [6.07, 6.45) is 1.84. The molecule has 4 rings (SSSR count). The van der Waals surface area contributed by atoms with Crippen LogP contribution in [0, 0.1) is 0 Å². The van der Waals surface area contributed by atoms with Gasteiger partial charge in [-0.3, -0.25) is 14.8 Å². The van der Waals surface area contributed by atoms with E-state index in [-0.39, 0.29) is 5.69 Å².